The zero-order chi connectivity index (χ0) is 13.1. The Morgan fingerprint density at radius 1 is 0.889 bits per heavy atom. The molecule has 0 N–H and O–H groups in total. The summed E-state index contributed by atoms with van der Waals surface area (Å²) in [7, 11) is 0. The molecule has 0 fully saturated rings. The summed E-state index contributed by atoms with van der Waals surface area (Å²) in [6.45, 7) is 0. The molecule has 92 valence electrons. The van der Waals surface area contributed by atoms with Crippen molar-refractivity contribution in [2.75, 3.05) is 0 Å². The van der Waals surface area contributed by atoms with Gasteiger partial charge in [-0.1, -0.05) is 53.0 Å². The molecule has 0 saturated heterocycles. The van der Waals surface area contributed by atoms with Crippen molar-refractivity contribution < 1.29 is 4.79 Å². The van der Waals surface area contributed by atoms with Crippen LogP contribution in [0.2, 0.25) is 15.1 Å². The van der Waals surface area contributed by atoms with Crippen LogP contribution in [0.4, 0.5) is 0 Å². The third-order valence-corrected chi connectivity index (χ3v) is 3.66. The van der Waals surface area contributed by atoms with Gasteiger partial charge >= 0.3 is 0 Å². The first kappa shape index (κ1) is 13.4. The number of ketones is 1. The van der Waals surface area contributed by atoms with E-state index in [2.05, 4.69) is 0 Å². The Bertz CT molecular complexity index is 593. The topological polar surface area (TPSA) is 17.1 Å². The quantitative estimate of drug-likeness (QED) is 0.723. The second-order valence-electron chi connectivity index (χ2n) is 3.82. The molecule has 2 aromatic rings. The second-order valence-corrected chi connectivity index (χ2v) is 5.04. The maximum absolute atomic E-state index is 12.1. The van der Waals surface area contributed by atoms with Crippen LogP contribution in [0.15, 0.2) is 42.5 Å². The van der Waals surface area contributed by atoms with E-state index < -0.39 is 0 Å². The van der Waals surface area contributed by atoms with Crippen molar-refractivity contribution in [2.24, 2.45) is 0 Å². The molecule has 0 atom stereocenters. The standard InChI is InChI=1S/C14H9Cl3O/c15-11-4-2-1-3-9(11)8-14(18)10-5-6-12(16)13(17)7-10/h1-7H,8H2. The van der Waals surface area contributed by atoms with E-state index in [1.807, 2.05) is 18.2 Å². The molecule has 0 aliphatic rings. The molecule has 0 saturated carbocycles. The van der Waals surface area contributed by atoms with E-state index >= 15 is 0 Å². The average molecular weight is 300 g/mol. The SMILES string of the molecule is O=C(Cc1ccccc1Cl)c1ccc(Cl)c(Cl)c1. The molecule has 0 bridgehead atoms. The van der Waals surface area contributed by atoms with Crippen LogP contribution in [0.3, 0.4) is 0 Å². The van der Waals surface area contributed by atoms with Crippen molar-refractivity contribution in [2.45, 2.75) is 6.42 Å². The summed E-state index contributed by atoms with van der Waals surface area (Å²) in [5.41, 5.74) is 1.33. The van der Waals surface area contributed by atoms with Crippen molar-refractivity contribution in [3.05, 3.63) is 68.7 Å². The van der Waals surface area contributed by atoms with Crippen molar-refractivity contribution in [3.8, 4) is 0 Å². The molecule has 0 unspecified atom stereocenters. The molecule has 0 radical (unpaired) electrons. The molecule has 2 aromatic carbocycles. The first-order valence-corrected chi connectivity index (χ1v) is 6.43. The molecule has 18 heavy (non-hydrogen) atoms. The minimum Gasteiger partial charge on any atom is -0.294 e. The Morgan fingerprint density at radius 3 is 2.28 bits per heavy atom. The highest BCUT2D eigenvalue weighted by molar-refractivity contribution is 6.42. The fourth-order valence-electron chi connectivity index (χ4n) is 1.59. The lowest BCUT2D eigenvalue weighted by Gasteiger charge is -2.04. The molecule has 4 heteroatoms. The fourth-order valence-corrected chi connectivity index (χ4v) is 2.09. The van der Waals surface area contributed by atoms with Crippen LogP contribution < -0.4 is 0 Å². The van der Waals surface area contributed by atoms with Gasteiger partial charge in [0.1, 0.15) is 0 Å². The smallest absolute Gasteiger partial charge is 0.167 e. The van der Waals surface area contributed by atoms with Gasteiger partial charge in [-0.25, -0.2) is 0 Å². The number of hydrogen-bond acceptors (Lipinski definition) is 1. The van der Waals surface area contributed by atoms with E-state index in [0.717, 1.165) is 5.56 Å². The second kappa shape index (κ2) is 5.75. The van der Waals surface area contributed by atoms with Crippen LogP contribution in [-0.4, -0.2) is 5.78 Å². The van der Waals surface area contributed by atoms with Gasteiger partial charge in [0.2, 0.25) is 0 Å². The predicted molar refractivity (Wildman–Crippen MR) is 75.9 cm³/mol. The summed E-state index contributed by atoms with van der Waals surface area (Å²) in [4.78, 5) is 12.1. The number of Topliss-reactive ketones (excluding diaryl/α,β-unsaturated/α-hetero) is 1. The molecular weight excluding hydrogens is 291 g/mol. The monoisotopic (exact) mass is 298 g/mol. The van der Waals surface area contributed by atoms with Crippen LogP contribution >= 0.6 is 34.8 Å². The van der Waals surface area contributed by atoms with Crippen molar-refractivity contribution in [1.29, 1.82) is 0 Å². The highest BCUT2D eigenvalue weighted by atomic mass is 35.5. The number of hydrogen-bond donors (Lipinski definition) is 0. The number of benzene rings is 2. The Morgan fingerprint density at radius 2 is 1.61 bits per heavy atom. The van der Waals surface area contributed by atoms with Crippen molar-refractivity contribution in [1.82, 2.24) is 0 Å². The number of carbonyl (C=O) groups is 1. The lowest BCUT2D eigenvalue weighted by molar-refractivity contribution is 0.0993. The minimum absolute atomic E-state index is 0.0401. The highest BCUT2D eigenvalue weighted by Crippen LogP contribution is 2.24. The van der Waals surface area contributed by atoms with E-state index in [4.69, 9.17) is 34.8 Å². The molecule has 0 aliphatic carbocycles. The van der Waals surface area contributed by atoms with Gasteiger partial charge in [0.15, 0.2) is 5.78 Å². The number of carbonyl (C=O) groups excluding carboxylic acids is 1. The highest BCUT2D eigenvalue weighted by Gasteiger charge is 2.10. The zero-order valence-electron chi connectivity index (χ0n) is 9.29. The lowest BCUT2D eigenvalue weighted by atomic mass is 10.0. The summed E-state index contributed by atoms with van der Waals surface area (Å²) >= 11 is 17.7. The third kappa shape index (κ3) is 3.05. The van der Waals surface area contributed by atoms with E-state index in [1.54, 1.807) is 24.3 Å². The molecule has 1 nitrogen and oxygen atoms in total. The van der Waals surface area contributed by atoms with Crippen LogP contribution in [0.5, 0.6) is 0 Å². The van der Waals surface area contributed by atoms with E-state index in [9.17, 15) is 4.79 Å². The number of halogens is 3. The number of rotatable bonds is 3. The molecular formula is C14H9Cl3O. The fraction of sp³-hybridized carbons (Fsp3) is 0.0714. The van der Waals surface area contributed by atoms with Gasteiger partial charge in [0.25, 0.3) is 0 Å². The van der Waals surface area contributed by atoms with Crippen LogP contribution in [0, 0.1) is 0 Å². The van der Waals surface area contributed by atoms with Gasteiger partial charge in [-0.05, 0) is 29.8 Å². The normalized spacial score (nSPS) is 10.4. The molecule has 0 amide bonds. The van der Waals surface area contributed by atoms with Gasteiger partial charge in [-0.2, -0.15) is 0 Å². The van der Waals surface area contributed by atoms with Crippen LogP contribution in [0.1, 0.15) is 15.9 Å². The molecule has 2 rings (SSSR count). The molecule has 0 spiro atoms. The predicted octanol–water partition coefficient (Wildman–Crippen LogP) is 5.07. The first-order valence-electron chi connectivity index (χ1n) is 5.29. The maximum atomic E-state index is 12.1. The van der Waals surface area contributed by atoms with Gasteiger partial charge in [0.05, 0.1) is 10.0 Å². The Balaban J connectivity index is 2.22. The third-order valence-electron chi connectivity index (χ3n) is 2.55. The molecule has 0 heterocycles. The largest absolute Gasteiger partial charge is 0.294 e. The van der Waals surface area contributed by atoms with Crippen molar-refractivity contribution >= 4 is 40.6 Å². The van der Waals surface area contributed by atoms with Gasteiger partial charge in [-0.3, -0.25) is 4.79 Å². The zero-order valence-corrected chi connectivity index (χ0v) is 11.6. The summed E-state index contributed by atoms with van der Waals surface area (Å²) < 4.78 is 0. The van der Waals surface area contributed by atoms with Crippen LogP contribution in [0.25, 0.3) is 0 Å². The Kier molecular flexibility index (Phi) is 4.28. The summed E-state index contributed by atoms with van der Waals surface area (Å²) in [5, 5.41) is 1.40. The van der Waals surface area contributed by atoms with Gasteiger partial charge in [0, 0.05) is 17.0 Å². The van der Waals surface area contributed by atoms with Gasteiger partial charge < -0.3 is 0 Å². The minimum atomic E-state index is -0.0401. The van der Waals surface area contributed by atoms with Crippen molar-refractivity contribution in [3.63, 3.8) is 0 Å². The van der Waals surface area contributed by atoms with Crippen LogP contribution in [-0.2, 0) is 6.42 Å². The summed E-state index contributed by atoms with van der Waals surface area (Å²) in [5.74, 6) is -0.0401. The van der Waals surface area contributed by atoms with E-state index in [1.165, 1.54) is 0 Å². The summed E-state index contributed by atoms with van der Waals surface area (Å²) in [6.07, 6.45) is 0.248. The Labute approximate surface area is 120 Å². The average Bonchev–Trinajstić information content (AvgIpc) is 2.35. The molecule has 0 aliphatic heterocycles. The first-order chi connectivity index (χ1) is 8.58. The van der Waals surface area contributed by atoms with E-state index in [0.29, 0.717) is 20.6 Å². The summed E-state index contributed by atoms with van der Waals surface area (Å²) in [6, 6.07) is 12.1. The Hall–Kier alpha value is -1.02. The lowest BCUT2D eigenvalue weighted by Crippen LogP contribution is -2.03. The molecule has 0 aromatic heterocycles. The maximum Gasteiger partial charge on any atom is 0.167 e. The van der Waals surface area contributed by atoms with Gasteiger partial charge in [-0.15, -0.1) is 0 Å². The van der Waals surface area contributed by atoms with E-state index in [-0.39, 0.29) is 12.2 Å².